The van der Waals surface area contributed by atoms with Crippen LogP contribution in [0.25, 0.3) is 0 Å². The highest BCUT2D eigenvalue weighted by molar-refractivity contribution is 7.81. The van der Waals surface area contributed by atoms with E-state index in [1.165, 1.54) is 5.56 Å². The minimum Gasteiger partial charge on any atom is -0.383 e. The lowest BCUT2D eigenvalue weighted by molar-refractivity contribution is 0.434. The molecule has 1 fully saturated rings. The molecule has 0 spiro atoms. The lowest BCUT2D eigenvalue weighted by Gasteiger charge is -2.30. The Morgan fingerprint density at radius 3 is 2.58 bits per heavy atom. The van der Waals surface area contributed by atoms with Gasteiger partial charge in [-0.15, -0.1) is 0 Å². The van der Waals surface area contributed by atoms with Crippen LogP contribution in [0.4, 0.5) is 17.5 Å². The van der Waals surface area contributed by atoms with Crippen molar-refractivity contribution in [2.24, 2.45) is 5.92 Å². The summed E-state index contributed by atoms with van der Waals surface area (Å²) in [5, 5.41) is 3.07. The fraction of sp³-hybridized carbons (Fsp3) is 0.421. The Labute approximate surface area is 158 Å². The molecular formula is C19H25N5OS. The minimum atomic E-state index is -0.311. The van der Waals surface area contributed by atoms with Crippen LogP contribution in [0.3, 0.4) is 0 Å². The average Bonchev–Trinajstić information content (AvgIpc) is 2.62. The Bertz CT molecular complexity index is 838. The first-order valence-electron chi connectivity index (χ1n) is 9.03. The molecule has 138 valence electrons. The second kappa shape index (κ2) is 7.86. The number of aromatic amines is 1. The van der Waals surface area contributed by atoms with Gasteiger partial charge in [0.15, 0.2) is 0 Å². The molecule has 26 heavy (non-hydrogen) atoms. The predicted molar refractivity (Wildman–Crippen MR) is 111 cm³/mol. The number of nitrogen functional groups attached to an aromatic ring is 1. The number of hydrogen-bond acceptors (Lipinski definition) is 5. The first-order chi connectivity index (χ1) is 12.5. The van der Waals surface area contributed by atoms with Crippen LogP contribution in [0.15, 0.2) is 29.1 Å². The molecule has 0 unspecified atom stereocenters. The van der Waals surface area contributed by atoms with E-state index in [2.05, 4.69) is 34.0 Å². The first kappa shape index (κ1) is 18.4. The molecule has 0 aliphatic carbocycles. The van der Waals surface area contributed by atoms with Gasteiger partial charge in [0.1, 0.15) is 16.4 Å². The van der Waals surface area contributed by atoms with Crippen molar-refractivity contribution in [1.82, 2.24) is 9.97 Å². The molecular weight excluding hydrogens is 346 g/mol. The monoisotopic (exact) mass is 371 g/mol. The van der Waals surface area contributed by atoms with Gasteiger partial charge in [0.2, 0.25) is 5.95 Å². The van der Waals surface area contributed by atoms with Gasteiger partial charge in [-0.1, -0.05) is 38.2 Å². The number of hydrogen-bond donors (Lipinski definition) is 3. The first-order valence-corrected chi connectivity index (χ1v) is 9.43. The van der Waals surface area contributed by atoms with E-state index in [4.69, 9.17) is 18.0 Å². The maximum atomic E-state index is 12.6. The van der Waals surface area contributed by atoms with E-state index in [9.17, 15) is 4.79 Å². The summed E-state index contributed by atoms with van der Waals surface area (Å²) < 4.78 is 0. The van der Waals surface area contributed by atoms with Crippen molar-refractivity contribution in [3.8, 4) is 0 Å². The quantitative estimate of drug-likeness (QED) is 0.717. The summed E-state index contributed by atoms with van der Waals surface area (Å²) >= 11 is 5.39. The zero-order valence-corrected chi connectivity index (χ0v) is 16.0. The number of aromatic nitrogens is 2. The summed E-state index contributed by atoms with van der Waals surface area (Å²) in [7, 11) is 0. The van der Waals surface area contributed by atoms with E-state index in [-0.39, 0.29) is 21.9 Å². The lowest BCUT2D eigenvalue weighted by atomic mass is 10.00. The van der Waals surface area contributed by atoms with Gasteiger partial charge in [-0.2, -0.15) is 4.98 Å². The molecule has 0 atom stereocenters. The molecule has 2 aromatic rings. The second-order valence-corrected chi connectivity index (χ2v) is 7.23. The van der Waals surface area contributed by atoms with Gasteiger partial charge < -0.3 is 16.0 Å². The third-order valence-corrected chi connectivity index (χ3v) is 5.17. The number of benzene rings is 1. The molecule has 1 aliphatic rings. The van der Waals surface area contributed by atoms with Gasteiger partial charge in [0.25, 0.3) is 5.56 Å². The van der Waals surface area contributed by atoms with Crippen molar-refractivity contribution in [3.63, 3.8) is 0 Å². The molecule has 0 saturated carbocycles. The Kier molecular flexibility index (Phi) is 5.56. The summed E-state index contributed by atoms with van der Waals surface area (Å²) in [6.07, 6.45) is 3.14. The van der Waals surface area contributed by atoms with Crippen LogP contribution in [0, 0.1) is 5.92 Å². The van der Waals surface area contributed by atoms with Crippen LogP contribution in [-0.2, 0) is 6.42 Å². The van der Waals surface area contributed by atoms with E-state index < -0.39 is 0 Å². The van der Waals surface area contributed by atoms with Crippen molar-refractivity contribution in [3.05, 3.63) is 45.7 Å². The van der Waals surface area contributed by atoms with Gasteiger partial charge >= 0.3 is 0 Å². The van der Waals surface area contributed by atoms with Crippen LogP contribution >= 0.6 is 12.2 Å². The molecule has 4 N–H and O–H groups in total. The van der Waals surface area contributed by atoms with Gasteiger partial charge in [-0.25, -0.2) is 0 Å². The Balaban J connectivity index is 1.79. The molecule has 3 rings (SSSR count). The van der Waals surface area contributed by atoms with Gasteiger partial charge in [0.05, 0.1) is 0 Å². The number of nitrogens with one attached hydrogen (secondary N) is 2. The van der Waals surface area contributed by atoms with E-state index in [0.717, 1.165) is 38.0 Å². The van der Waals surface area contributed by atoms with Crippen molar-refractivity contribution in [1.29, 1.82) is 0 Å². The largest absolute Gasteiger partial charge is 0.383 e. The number of rotatable bonds is 4. The molecule has 6 nitrogen and oxygen atoms in total. The van der Waals surface area contributed by atoms with Crippen molar-refractivity contribution < 1.29 is 0 Å². The summed E-state index contributed by atoms with van der Waals surface area (Å²) in [5.41, 5.74) is 8.03. The van der Waals surface area contributed by atoms with E-state index in [0.29, 0.717) is 11.9 Å². The Morgan fingerprint density at radius 1 is 1.35 bits per heavy atom. The van der Waals surface area contributed by atoms with Crippen molar-refractivity contribution in [2.45, 2.75) is 33.1 Å². The molecule has 2 heterocycles. The van der Waals surface area contributed by atoms with Crippen molar-refractivity contribution >= 4 is 34.7 Å². The zero-order valence-electron chi connectivity index (χ0n) is 15.2. The summed E-state index contributed by atoms with van der Waals surface area (Å²) in [6.45, 7) is 6.08. The van der Waals surface area contributed by atoms with Gasteiger partial charge in [0, 0.05) is 18.8 Å². The third kappa shape index (κ3) is 4.04. The topological polar surface area (TPSA) is 87.0 Å². The molecule has 1 aromatic carbocycles. The van der Waals surface area contributed by atoms with E-state index >= 15 is 0 Å². The molecule has 0 bridgehead atoms. The highest BCUT2D eigenvalue weighted by Crippen LogP contribution is 2.21. The van der Waals surface area contributed by atoms with Gasteiger partial charge in [-0.05, 0) is 42.9 Å². The smallest absolute Gasteiger partial charge is 0.264 e. The second-order valence-electron chi connectivity index (χ2n) is 6.82. The average molecular weight is 372 g/mol. The van der Waals surface area contributed by atoms with Crippen LogP contribution in [0.1, 0.15) is 37.8 Å². The maximum absolute atomic E-state index is 12.6. The highest BCUT2D eigenvalue weighted by atomic mass is 32.1. The normalized spacial score (nSPS) is 15.1. The summed E-state index contributed by atoms with van der Waals surface area (Å²) in [4.78, 5) is 22.1. The number of aryl methyl sites for hydroxylation is 1. The van der Waals surface area contributed by atoms with E-state index in [1.807, 2.05) is 24.3 Å². The van der Waals surface area contributed by atoms with E-state index in [1.54, 1.807) is 0 Å². The fourth-order valence-corrected chi connectivity index (χ4v) is 3.40. The van der Waals surface area contributed by atoms with Crippen LogP contribution in [0.2, 0.25) is 0 Å². The highest BCUT2D eigenvalue weighted by Gasteiger charge is 2.20. The number of nitrogens with two attached hydrogens (primary N) is 1. The molecule has 0 radical (unpaired) electrons. The standard InChI is InChI=1S/C19H25N5OS/c1-3-13-4-6-14(7-5-13)21-18(26)15-16(20)22-19(23-17(15)25)24-10-8-12(2)9-11-24/h4-7,12H,3,8-11H2,1-2H3,(H,21,26)(H3,20,22,23,25). The molecule has 1 saturated heterocycles. The Morgan fingerprint density at radius 2 is 2.00 bits per heavy atom. The van der Waals surface area contributed by atoms with Crippen molar-refractivity contribution in [2.75, 3.05) is 29.0 Å². The number of nitrogens with zero attached hydrogens (tertiary/aromatic N) is 2. The van der Waals surface area contributed by atoms with Crippen LogP contribution in [0.5, 0.6) is 0 Å². The third-order valence-electron chi connectivity index (χ3n) is 4.87. The number of piperidine rings is 1. The molecule has 7 heteroatoms. The SMILES string of the molecule is CCc1ccc(NC(=S)c2c(N)nc(N3CCC(C)CC3)[nH]c2=O)cc1. The zero-order chi connectivity index (χ0) is 18.7. The lowest BCUT2D eigenvalue weighted by Crippen LogP contribution is -2.36. The molecule has 1 aromatic heterocycles. The maximum Gasteiger partial charge on any atom is 0.264 e. The fourth-order valence-electron chi connectivity index (χ4n) is 3.09. The minimum absolute atomic E-state index is 0.157. The predicted octanol–water partition coefficient (Wildman–Crippen LogP) is 2.94. The van der Waals surface area contributed by atoms with Crippen LogP contribution in [-0.4, -0.2) is 28.0 Å². The van der Waals surface area contributed by atoms with Gasteiger partial charge in [-0.3, -0.25) is 9.78 Å². The summed E-state index contributed by atoms with van der Waals surface area (Å²) in [5.74, 6) is 1.38. The number of thiocarbonyl (C=S) groups is 1. The molecule has 0 amide bonds. The number of anilines is 3. The molecule has 1 aliphatic heterocycles. The summed E-state index contributed by atoms with van der Waals surface area (Å²) in [6, 6.07) is 7.92. The number of H-pyrrole nitrogens is 1. The van der Waals surface area contributed by atoms with Crippen LogP contribution < -0.4 is 21.5 Å². The Hall–Kier alpha value is -2.41.